The monoisotopic (exact) mass is 300 g/mol. The Kier molecular flexibility index (Phi) is 4.65. The second-order valence-electron chi connectivity index (χ2n) is 5.29. The van der Waals surface area contributed by atoms with E-state index < -0.39 is 5.91 Å². The minimum Gasteiger partial charge on any atom is -0.507 e. The first-order chi connectivity index (χ1) is 10.5. The van der Waals surface area contributed by atoms with E-state index >= 15 is 0 Å². The molecule has 2 rings (SSSR count). The van der Waals surface area contributed by atoms with Gasteiger partial charge in [-0.3, -0.25) is 9.59 Å². The van der Waals surface area contributed by atoms with Crippen molar-refractivity contribution in [2.24, 2.45) is 5.73 Å². The fraction of sp³-hybridized carbons (Fsp3) is 0.294. The van der Waals surface area contributed by atoms with Gasteiger partial charge in [0.05, 0.1) is 0 Å². The van der Waals surface area contributed by atoms with Crippen LogP contribution in [0.2, 0.25) is 0 Å². The molecular weight excluding hydrogens is 280 g/mol. The smallest absolute Gasteiger partial charge is 0.237 e. The van der Waals surface area contributed by atoms with Gasteiger partial charge in [-0.05, 0) is 36.5 Å². The van der Waals surface area contributed by atoms with Crippen LogP contribution in [0.3, 0.4) is 0 Å². The van der Waals surface area contributed by atoms with Crippen molar-refractivity contribution in [2.45, 2.75) is 25.7 Å². The standard InChI is InChI=1S/C17H20N2O3/c1-3-5-11-9-14-12(13(6-4-2)17(11)22)7-8-16(21)19(14)10-15(18)20/h3-4,9,22H,1-2,5-8,10H2,(H2,18,20). The van der Waals surface area contributed by atoms with Gasteiger partial charge in [-0.1, -0.05) is 12.2 Å². The number of hydrogen-bond acceptors (Lipinski definition) is 3. The molecule has 5 heteroatoms. The lowest BCUT2D eigenvalue weighted by Crippen LogP contribution is -2.41. The van der Waals surface area contributed by atoms with Gasteiger partial charge in [0, 0.05) is 17.7 Å². The summed E-state index contributed by atoms with van der Waals surface area (Å²) in [4.78, 5) is 24.8. The van der Waals surface area contributed by atoms with Crippen molar-refractivity contribution < 1.29 is 14.7 Å². The molecule has 3 N–H and O–H groups in total. The molecule has 0 saturated carbocycles. The van der Waals surface area contributed by atoms with E-state index in [0.29, 0.717) is 36.9 Å². The number of phenols is 1. The van der Waals surface area contributed by atoms with Crippen LogP contribution in [0.1, 0.15) is 23.1 Å². The van der Waals surface area contributed by atoms with Crippen molar-refractivity contribution in [3.63, 3.8) is 0 Å². The summed E-state index contributed by atoms with van der Waals surface area (Å²) in [6, 6.07) is 1.75. The van der Waals surface area contributed by atoms with Gasteiger partial charge in [-0.15, -0.1) is 13.2 Å². The molecular formula is C17H20N2O3. The fourth-order valence-corrected chi connectivity index (χ4v) is 2.84. The second kappa shape index (κ2) is 6.47. The van der Waals surface area contributed by atoms with Crippen LogP contribution in [0, 0.1) is 0 Å². The summed E-state index contributed by atoms with van der Waals surface area (Å²) in [6.45, 7) is 7.24. The summed E-state index contributed by atoms with van der Waals surface area (Å²) in [5.41, 5.74) is 8.22. The summed E-state index contributed by atoms with van der Waals surface area (Å²) >= 11 is 0. The average molecular weight is 300 g/mol. The number of phenolic OH excluding ortho intramolecular Hbond substituents is 1. The number of nitrogens with two attached hydrogens (primary N) is 1. The van der Waals surface area contributed by atoms with Gasteiger partial charge in [-0.25, -0.2) is 0 Å². The maximum absolute atomic E-state index is 12.1. The molecule has 0 bridgehead atoms. The molecule has 1 aromatic carbocycles. The average Bonchev–Trinajstić information content (AvgIpc) is 2.46. The molecule has 0 saturated heterocycles. The van der Waals surface area contributed by atoms with Gasteiger partial charge >= 0.3 is 0 Å². The van der Waals surface area contributed by atoms with Crippen LogP contribution in [0.4, 0.5) is 5.69 Å². The molecule has 0 unspecified atom stereocenters. The molecule has 0 aliphatic carbocycles. The number of carbonyl (C=O) groups excluding carboxylic acids is 2. The number of amides is 2. The fourth-order valence-electron chi connectivity index (χ4n) is 2.84. The highest BCUT2D eigenvalue weighted by Gasteiger charge is 2.29. The third-order valence-electron chi connectivity index (χ3n) is 3.78. The summed E-state index contributed by atoms with van der Waals surface area (Å²) in [6.07, 6.45) is 5.20. The highest BCUT2D eigenvalue weighted by molar-refractivity contribution is 6.01. The van der Waals surface area contributed by atoms with Crippen molar-refractivity contribution in [3.05, 3.63) is 48.1 Å². The molecule has 0 aromatic heterocycles. The summed E-state index contributed by atoms with van der Waals surface area (Å²) in [5, 5.41) is 10.5. The maximum atomic E-state index is 12.1. The Morgan fingerprint density at radius 1 is 1.32 bits per heavy atom. The number of fused-ring (bicyclic) bond motifs is 1. The number of allylic oxidation sites excluding steroid dienone is 2. The van der Waals surface area contributed by atoms with Crippen LogP contribution < -0.4 is 10.6 Å². The Balaban J connectivity index is 2.63. The van der Waals surface area contributed by atoms with E-state index in [0.717, 1.165) is 11.1 Å². The minimum absolute atomic E-state index is 0.133. The van der Waals surface area contributed by atoms with E-state index in [2.05, 4.69) is 13.2 Å². The lowest BCUT2D eigenvalue weighted by Gasteiger charge is -2.31. The lowest BCUT2D eigenvalue weighted by atomic mass is 9.90. The van der Waals surface area contributed by atoms with E-state index in [9.17, 15) is 14.7 Å². The first-order valence-electron chi connectivity index (χ1n) is 7.16. The van der Waals surface area contributed by atoms with Crippen LogP contribution in [0.5, 0.6) is 5.75 Å². The summed E-state index contributed by atoms with van der Waals surface area (Å²) in [5.74, 6) is -0.483. The van der Waals surface area contributed by atoms with E-state index in [1.165, 1.54) is 4.90 Å². The van der Waals surface area contributed by atoms with Gasteiger partial charge in [-0.2, -0.15) is 0 Å². The Hall–Kier alpha value is -2.56. The first-order valence-corrected chi connectivity index (χ1v) is 7.16. The molecule has 5 nitrogen and oxygen atoms in total. The molecule has 22 heavy (non-hydrogen) atoms. The number of rotatable bonds is 6. The van der Waals surface area contributed by atoms with Crippen LogP contribution in [-0.2, 0) is 28.9 Å². The highest BCUT2D eigenvalue weighted by Crippen LogP contribution is 2.38. The van der Waals surface area contributed by atoms with E-state index in [1.807, 2.05) is 0 Å². The van der Waals surface area contributed by atoms with Crippen LogP contribution in [-0.4, -0.2) is 23.5 Å². The third-order valence-corrected chi connectivity index (χ3v) is 3.78. The maximum Gasteiger partial charge on any atom is 0.237 e. The Morgan fingerprint density at radius 3 is 2.59 bits per heavy atom. The predicted octanol–water partition coefficient (Wildman–Crippen LogP) is 1.61. The molecule has 0 radical (unpaired) electrons. The molecule has 1 aromatic rings. The van der Waals surface area contributed by atoms with E-state index in [1.54, 1.807) is 18.2 Å². The largest absolute Gasteiger partial charge is 0.507 e. The van der Waals surface area contributed by atoms with Crippen molar-refractivity contribution in [2.75, 3.05) is 11.4 Å². The van der Waals surface area contributed by atoms with E-state index in [-0.39, 0.29) is 18.2 Å². The molecule has 0 atom stereocenters. The van der Waals surface area contributed by atoms with Crippen molar-refractivity contribution in [3.8, 4) is 5.75 Å². The van der Waals surface area contributed by atoms with Crippen LogP contribution in [0.25, 0.3) is 0 Å². The predicted molar refractivity (Wildman–Crippen MR) is 85.8 cm³/mol. The molecule has 1 aliphatic rings. The van der Waals surface area contributed by atoms with Gasteiger partial charge in [0.1, 0.15) is 12.3 Å². The number of aromatic hydroxyl groups is 1. The van der Waals surface area contributed by atoms with Crippen LogP contribution >= 0.6 is 0 Å². The number of benzene rings is 1. The van der Waals surface area contributed by atoms with Gasteiger partial charge in [0.25, 0.3) is 0 Å². The topological polar surface area (TPSA) is 83.6 Å². The third kappa shape index (κ3) is 2.88. The highest BCUT2D eigenvalue weighted by atomic mass is 16.3. The lowest BCUT2D eigenvalue weighted by molar-refractivity contribution is -0.122. The number of nitrogens with zero attached hydrogens (tertiary/aromatic N) is 1. The Morgan fingerprint density at radius 2 is 2.00 bits per heavy atom. The molecule has 0 fully saturated rings. The van der Waals surface area contributed by atoms with E-state index in [4.69, 9.17) is 5.73 Å². The molecule has 116 valence electrons. The quantitative estimate of drug-likeness (QED) is 0.783. The molecule has 2 amide bonds. The van der Waals surface area contributed by atoms with Gasteiger partial charge in [0.2, 0.25) is 11.8 Å². The molecule has 1 heterocycles. The first kappa shape index (κ1) is 15.8. The van der Waals surface area contributed by atoms with Gasteiger partial charge < -0.3 is 15.7 Å². The van der Waals surface area contributed by atoms with Crippen molar-refractivity contribution >= 4 is 17.5 Å². The van der Waals surface area contributed by atoms with Crippen molar-refractivity contribution in [1.82, 2.24) is 0 Å². The number of anilines is 1. The number of hydrogen-bond donors (Lipinski definition) is 2. The Labute approximate surface area is 129 Å². The summed E-state index contributed by atoms with van der Waals surface area (Å²) < 4.78 is 0. The zero-order valence-corrected chi connectivity index (χ0v) is 12.5. The minimum atomic E-state index is -0.565. The molecule has 0 spiro atoms. The number of primary amides is 1. The molecule has 1 aliphatic heterocycles. The van der Waals surface area contributed by atoms with Crippen LogP contribution in [0.15, 0.2) is 31.4 Å². The van der Waals surface area contributed by atoms with Gasteiger partial charge in [0.15, 0.2) is 0 Å². The Bertz CT molecular complexity index is 650. The zero-order chi connectivity index (χ0) is 16.3. The summed E-state index contributed by atoms with van der Waals surface area (Å²) in [7, 11) is 0. The second-order valence-corrected chi connectivity index (χ2v) is 5.29. The van der Waals surface area contributed by atoms with Crippen molar-refractivity contribution in [1.29, 1.82) is 0 Å². The number of carbonyl (C=O) groups is 2. The zero-order valence-electron chi connectivity index (χ0n) is 12.5. The normalized spacial score (nSPS) is 13.6. The SMILES string of the molecule is C=CCc1cc2c(c(CC=C)c1O)CCC(=O)N2CC(N)=O.